The molecule has 2 saturated heterocycles. The van der Waals surface area contributed by atoms with Gasteiger partial charge in [0.05, 0.1) is 23.4 Å². The van der Waals surface area contributed by atoms with E-state index in [1.54, 1.807) is 28.0 Å². The number of amides is 1. The van der Waals surface area contributed by atoms with Crippen molar-refractivity contribution < 1.29 is 28.9 Å². The molecular weight excluding hydrogens is 808 g/mol. The first kappa shape index (κ1) is 43.4. The molecule has 1 atom stereocenters. The van der Waals surface area contributed by atoms with Gasteiger partial charge in [0.25, 0.3) is 0 Å². The number of aliphatic hydroxyl groups is 2. The van der Waals surface area contributed by atoms with Crippen LogP contribution < -0.4 is 20.7 Å². The minimum absolute atomic E-state index is 0.150. The van der Waals surface area contributed by atoms with Crippen molar-refractivity contribution in [2.75, 3.05) is 50.4 Å². The first-order valence-electron chi connectivity index (χ1n) is 20.2. The number of aromatic nitrogens is 9. The number of halogens is 1. The summed E-state index contributed by atoms with van der Waals surface area (Å²) in [6.45, 7) is 6.56. The summed E-state index contributed by atoms with van der Waals surface area (Å²) in [4.78, 5) is 35.5. The maximum Gasteiger partial charge on any atom is 0.247 e. The van der Waals surface area contributed by atoms with E-state index in [0.717, 1.165) is 60.2 Å². The maximum atomic E-state index is 15.5. The zero-order valence-corrected chi connectivity index (χ0v) is 35.3. The number of aldehydes is 1. The lowest BCUT2D eigenvalue weighted by molar-refractivity contribution is -0.303. The van der Waals surface area contributed by atoms with E-state index in [4.69, 9.17) is 9.72 Å². The molecule has 2 aliphatic rings. The highest BCUT2D eigenvalue weighted by atomic mass is 32.2. The zero-order chi connectivity index (χ0) is 43.1. The summed E-state index contributed by atoms with van der Waals surface area (Å²) in [5.74, 6) is -1.16. The van der Waals surface area contributed by atoms with E-state index in [2.05, 4.69) is 62.8 Å². The van der Waals surface area contributed by atoms with Crippen molar-refractivity contribution >= 4 is 58.8 Å². The van der Waals surface area contributed by atoms with E-state index < -0.39 is 11.7 Å². The standard InChI is InChI=1S/C36H44FN13O3S.C4H7NO2/c1-21(2)53-31-30(23-17-40-41-18-23)39-20-50-34(31)44-35(46-50)43-29-9-7-25(16-27(29)37)54-49-13-5-6-24(19-49)36(51,52)48-14-11-22(12-15-48)28-10-8-26-32(38-3)45-47(4)33(26)42-28;6-3-1-2-5-4-7/h7-10,16-18,20-22,24,51-52H,5-6,11-15,19H2,1-4H3,(H,38,45)(H,40,41)(H,43,46);3-4H,1-2H2,(H,5,7). The van der Waals surface area contributed by atoms with Crippen LogP contribution in [-0.4, -0.2) is 128 Å². The molecule has 2 fully saturated rings. The molecule has 5 aromatic heterocycles. The predicted molar refractivity (Wildman–Crippen MR) is 227 cm³/mol. The molecule has 19 nitrogen and oxygen atoms in total. The number of carbonyl (C=O) groups is 2. The molecule has 1 unspecified atom stereocenters. The average molecular weight is 859 g/mol. The Morgan fingerprint density at radius 2 is 1.90 bits per heavy atom. The molecule has 0 radical (unpaired) electrons. The Morgan fingerprint density at radius 1 is 1.08 bits per heavy atom. The number of nitrogens with zero attached hydrogens (tertiary/aromatic N) is 10. The number of piperidine rings is 2. The molecule has 1 aromatic carbocycles. The Kier molecular flexibility index (Phi) is 13.7. The van der Waals surface area contributed by atoms with Gasteiger partial charge in [0, 0.05) is 87.4 Å². The number of carbonyl (C=O) groups excluding carboxylic acids is 2. The average Bonchev–Trinajstić information content (AvgIpc) is 4.02. The van der Waals surface area contributed by atoms with Crippen LogP contribution in [0.1, 0.15) is 57.6 Å². The molecule has 6 aromatic rings. The number of anilines is 3. The largest absolute Gasteiger partial charge is 0.485 e. The number of likely N-dealkylation sites (tertiary alicyclic amines) is 1. The molecule has 324 valence electrons. The fraction of sp³-hybridized carbons (Fsp3) is 0.450. The van der Waals surface area contributed by atoms with E-state index in [0.29, 0.717) is 67.4 Å². The highest BCUT2D eigenvalue weighted by molar-refractivity contribution is 7.97. The van der Waals surface area contributed by atoms with Crippen molar-refractivity contribution in [2.24, 2.45) is 13.0 Å². The van der Waals surface area contributed by atoms with Crippen LogP contribution >= 0.6 is 11.9 Å². The van der Waals surface area contributed by atoms with Gasteiger partial charge in [-0.25, -0.2) is 23.3 Å². The third-order valence-electron chi connectivity index (χ3n) is 10.6. The van der Waals surface area contributed by atoms with Crippen LogP contribution in [0.4, 0.5) is 21.8 Å². The number of pyridine rings is 1. The van der Waals surface area contributed by atoms with Crippen LogP contribution in [0.5, 0.6) is 5.75 Å². The molecule has 7 heterocycles. The number of benzene rings is 1. The Morgan fingerprint density at radius 3 is 2.61 bits per heavy atom. The quantitative estimate of drug-likeness (QED) is 0.0370. The van der Waals surface area contributed by atoms with Gasteiger partial charge in [-0.3, -0.25) is 14.8 Å². The van der Waals surface area contributed by atoms with Crippen molar-refractivity contribution in [3.05, 3.63) is 60.6 Å². The van der Waals surface area contributed by atoms with Crippen LogP contribution in [0.15, 0.2) is 53.9 Å². The van der Waals surface area contributed by atoms with Crippen LogP contribution in [0.2, 0.25) is 0 Å². The highest BCUT2D eigenvalue weighted by Crippen LogP contribution is 2.38. The summed E-state index contributed by atoms with van der Waals surface area (Å²) in [6.07, 6.45) is 9.50. The lowest BCUT2D eigenvalue weighted by atomic mass is 9.89. The van der Waals surface area contributed by atoms with Crippen LogP contribution in [0.25, 0.3) is 27.9 Å². The Labute approximate surface area is 355 Å². The topological polar surface area (TPSA) is 229 Å². The molecule has 0 bridgehead atoms. The summed E-state index contributed by atoms with van der Waals surface area (Å²) in [6, 6.07) is 9.06. The van der Waals surface area contributed by atoms with Gasteiger partial charge >= 0.3 is 0 Å². The highest BCUT2D eigenvalue weighted by Gasteiger charge is 2.44. The normalized spacial score (nSPS) is 16.7. The van der Waals surface area contributed by atoms with Crippen molar-refractivity contribution in [2.45, 2.75) is 68.8 Å². The fourth-order valence-corrected chi connectivity index (χ4v) is 8.66. The molecule has 2 aliphatic heterocycles. The zero-order valence-electron chi connectivity index (χ0n) is 34.5. The molecular formula is C40H51FN14O5S. The number of aromatic amines is 1. The predicted octanol–water partition coefficient (Wildman–Crippen LogP) is 4.07. The molecule has 6 N–H and O–H groups in total. The maximum absolute atomic E-state index is 15.5. The van der Waals surface area contributed by atoms with Crippen molar-refractivity contribution in [3.8, 4) is 17.0 Å². The van der Waals surface area contributed by atoms with Gasteiger partial charge in [0.2, 0.25) is 23.9 Å². The summed E-state index contributed by atoms with van der Waals surface area (Å²) in [5, 5.41) is 48.2. The minimum Gasteiger partial charge on any atom is -0.485 e. The number of hydrogen-bond acceptors (Lipinski definition) is 16. The van der Waals surface area contributed by atoms with Gasteiger partial charge in [0.15, 0.2) is 17.2 Å². The van der Waals surface area contributed by atoms with Gasteiger partial charge < -0.3 is 35.7 Å². The fourth-order valence-electron chi connectivity index (χ4n) is 7.61. The van der Waals surface area contributed by atoms with Crippen molar-refractivity contribution in [1.29, 1.82) is 0 Å². The van der Waals surface area contributed by atoms with Crippen molar-refractivity contribution in [1.82, 2.24) is 59.1 Å². The number of H-pyrrole nitrogens is 1. The van der Waals surface area contributed by atoms with Gasteiger partial charge in [-0.15, -0.1) is 5.10 Å². The molecule has 1 amide bonds. The smallest absolute Gasteiger partial charge is 0.247 e. The van der Waals surface area contributed by atoms with E-state index >= 15 is 4.39 Å². The summed E-state index contributed by atoms with van der Waals surface area (Å²) in [7, 11) is 3.74. The van der Waals surface area contributed by atoms with Gasteiger partial charge in [0.1, 0.15) is 24.1 Å². The number of rotatable bonds is 15. The lowest BCUT2D eigenvalue weighted by Gasteiger charge is -2.46. The molecule has 61 heavy (non-hydrogen) atoms. The number of nitrogens with one attached hydrogen (secondary N) is 4. The number of hydrogen-bond donors (Lipinski definition) is 6. The summed E-state index contributed by atoms with van der Waals surface area (Å²) < 4.78 is 27.0. The second-order valence-electron chi connectivity index (χ2n) is 15.2. The van der Waals surface area contributed by atoms with Gasteiger partial charge in [-0.1, -0.05) is 0 Å². The first-order chi connectivity index (χ1) is 29.5. The van der Waals surface area contributed by atoms with Crippen LogP contribution in [0.3, 0.4) is 0 Å². The third-order valence-corrected chi connectivity index (χ3v) is 11.7. The van der Waals surface area contributed by atoms with Crippen LogP contribution in [0, 0.1) is 11.7 Å². The van der Waals surface area contributed by atoms with Crippen LogP contribution in [-0.2, 0) is 16.6 Å². The third kappa shape index (κ3) is 9.91. The minimum atomic E-state index is -1.96. The number of ether oxygens (including phenoxy) is 1. The Balaban J connectivity index is 0.000000739. The van der Waals surface area contributed by atoms with E-state index in [9.17, 15) is 19.8 Å². The molecule has 8 rings (SSSR count). The Bertz CT molecular complexity index is 2410. The van der Waals surface area contributed by atoms with Gasteiger partial charge in [-0.2, -0.15) is 19.7 Å². The van der Waals surface area contributed by atoms with Crippen molar-refractivity contribution in [3.63, 3.8) is 0 Å². The monoisotopic (exact) mass is 858 g/mol. The second kappa shape index (κ2) is 19.3. The van der Waals surface area contributed by atoms with E-state index in [1.807, 2.05) is 34.0 Å². The molecule has 0 aliphatic carbocycles. The van der Waals surface area contributed by atoms with E-state index in [1.165, 1.54) is 28.9 Å². The Hall–Kier alpha value is -5.74. The first-order valence-corrected chi connectivity index (χ1v) is 21.0. The number of aryl methyl sites for hydroxylation is 1. The molecule has 0 spiro atoms. The summed E-state index contributed by atoms with van der Waals surface area (Å²) >= 11 is 1.41. The SMILES string of the molecule is CNc1nn(C)c2nc(C3CCN(C(O)(O)C4CCCN(Sc5ccc(Nc6nc7c(OC(C)C)c(-c8cn[nH]c8)ncn7n6)c(F)c5)C4)CC3)ccc12.O=CCCNC=O. The van der Waals surface area contributed by atoms with E-state index in [-0.39, 0.29) is 29.6 Å². The second-order valence-corrected chi connectivity index (χ2v) is 16.3. The molecule has 21 heteroatoms. The lowest BCUT2D eigenvalue weighted by Crippen LogP contribution is -2.59. The number of fused-ring (bicyclic) bond motifs is 2. The molecule has 0 saturated carbocycles. The van der Waals surface area contributed by atoms with Gasteiger partial charge in [-0.05, 0) is 81.8 Å². The summed E-state index contributed by atoms with van der Waals surface area (Å²) in [5.41, 5.74) is 3.79.